The number of carboxylic acids is 1. The van der Waals surface area contributed by atoms with E-state index in [9.17, 15) is 14.4 Å². The van der Waals surface area contributed by atoms with Crippen LogP contribution < -0.4 is 16.8 Å². The Morgan fingerprint density at radius 2 is 2.00 bits per heavy atom. The van der Waals surface area contributed by atoms with Gasteiger partial charge in [-0.3, -0.25) is 20.1 Å². The number of carbonyl (C=O) groups is 3. The normalized spacial score (nSPS) is 14.0. The van der Waals surface area contributed by atoms with Crippen molar-refractivity contribution in [1.82, 2.24) is 11.1 Å². The number of carboxylic acid groups (broad SMARTS) is 1. The van der Waals surface area contributed by atoms with Gasteiger partial charge in [0.1, 0.15) is 12.1 Å². The third-order valence-corrected chi connectivity index (χ3v) is 1.77. The molecular weight excluding hydrogens is 202 g/mol. The van der Waals surface area contributed by atoms with Gasteiger partial charge in [0.25, 0.3) is 5.91 Å². The van der Waals surface area contributed by atoms with Gasteiger partial charge in [-0.15, -0.1) is 0 Å². The van der Waals surface area contributed by atoms with E-state index in [4.69, 9.17) is 16.6 Å². The van der Waals surface area contributed by atoms with Crippen molar-refractivity contribution in [3.05, 3.63) is 0 Å². The smallest absolute Gasteiger partial charge is 0.320 e. The predicted octanol–water partition coefficient (Wildman–Crippen LogP) is -1.51. The van der Waals surface area contributed by atoms with E-state index in [2.05, 4.69) is 5.32 Å². The molecule has 7 nitrogen and oxygen atoms in total. The molecule has 0 rings (SSSR count). The summed E-state index contributed by atoms with van der Waals surface area (Å²) in [6, 6.07) is -1.96. The van der Waals surface area contributed by atoms with Crippen molar-refractivity contribution in [2.24, 2.45) is 5.73 Å². The summed E-state index contributed by atoms with van der Waals surface area (Å²) in [5, 5.41) is 10.7. The maximum Gasteiger partial charge on any atom is 0.320 e. The lowest BCUT2D eigenvalue weighted by Gasteiger charge is -2.10. The highest BCUT2D eigenvalue weighted by molar-refractivity contribution is 5.86. The summed E-state index contributed by atoms with van der Waals surface area (Å²) in [5.74, 6) is -2.56. The average Bonchev–Trinajstić information content (AvgIpc) is 2.13. The minimum Gasteiger partial charge on any atom is -0.480 e. The Labute approximate surface area is 86.8 Å². The molecule has 7 heteroatoms. The van der Waals surface area contributed by atoms with Gasteiger partial charge in [-0.2, -0.15) is 0 Å². The van der Waals surface area contributed by atoms with Crippen molar-refractivity contribution >= 4 is 17.8 Å². The Kier molecular flexibility index (Phi) is 5.32. The van der Waals surface area contributed by atoms with Gasteiger partial charge in [-0.25, -0.2) is 0 Å². The SMILES string of the molecule is CC(NC(=O)CCC(N)C(=O)O)C([NH])=O. The molecule has 0 aliphatic carbocycles. The van der Waals surface area contributed by atoms with Crippen LogP contribution in [0.15, 0.2) is 0 Å². The van der Waals surface area contributed by atoms with Crippen LogP contribution in [0, 0.1) is 0 Å². The van der Waals surface area contributed by atoms with Gasteiger partial charge in [0.05, 0.1) is 0 Å². The van der Waals surface area contributed by atoms with Crippen LogP contribution in [0.1, 0.15) is 19.8 Å². The Balaban J connectivity index is 3.85. The lowest BCUT2D eigenvalue weighted by Crippen LogP contribution is -2.40. The summed E-state index contributed by atoms with van der Waals surface area (Å²) in [4.78, 5) is 31.8. The molecular formula is C8H14N3O4. The second kappa shape index (κ2) is 5.97. The van der Waals surface area contributed by atoms with E-state index in [1.165, 1.54) is 6.92 Å². The van der Waals surface area contributed by atoms with E-state index in [-0.39, 0.29) is 12.8 Å². The van der Waals surface area contributed by atoms with Crippen molar-refractivity contribution in [2.45, 2.75) is 31.8 Å². The van der Waals surface area contributed by atoms with Crippen molar-refractivity contribution < 1.29 is 19.5 Å². The topological polar surface area (TPSA) is 133 Å². The second-order valence-corrected chi connectivity index (χ2v) is 3.14. The number of rotatable bonds is 6. The molecule has 0 aliphatic rings. The maximum absolute atomic E-state index is 11.1. The minimum absolute atomic E-state index is 0.0000765. The first-order chi connectivity index (χ1) is 6.84. The number of carbonyl (C=O) groups excluding carboxylic acids is 2. The highest BCUT2D eigenvalue weighted by Crippen LogP contribution is 1.95. The van der Waals surface area contributed by atoms with Gasteiger partial charge >= 0.3 is 5.97 Å². The van der Waals surface area contributed by atoms with Crippen molar-refractivity contribution in [1.29, 1.82) is 0 Å². The van der Waals surface area contributed by atoms with E-state index in [1.807, 2.05) is 0 Å². The standard InChI is InChI=1S/C8H14N3O4/c1-4(7(10)13)11-6(12)3-2-5(9)8(14)15/h4-5,10H,2-3,9H2,1H3,(H,11,12)(H,14,15). The number of hydrogen-bond donors (Lipinski definition) is 3. The monoisotopic (exact) mass is 216 g/mol. The van der Waals surface area contributed by atoms with Gasteiger partial charge in [-0.1, -0.05) is 0 Å². The molecule has 0 fully saturated rings. The zero-order valence-electron chi connectivity index (χ0n) is 8.32. The van der Waals surface area contributed by atoms with E-state index >= 15 is 0 Å². The molecule has 0 saturated carbocycles. The van der Waals surface area contributed by atoms with E-state index in [0.717, 1.165) is 0 Å². The Morgan fingerprint density at radius 3 is 2.40 bits per heavy atom. The van der Waals surface area contributed by atoms with Crippen LogP contribution in [-0.2, 0) is 14.4 Å². The van der Waals surface area contributed by atoms with E-state index in [1.54, 1.807) is 0 Å². The summed E-state index contributed by atoms with van der Waals surface area (Å²) in [6.07, 6.45) is -0.0782. The van der Waals surface area contributed by atoms with Crippen molar-refractivity contribution in [2.75, 3.05) is 0 Å². The van der Waals surface area contributed by atoms with Crippen molar-refractivity contribution in [3.63, 3.8) is 0 Å². The molecule has 0 spiro atoms. The zero-order valence-corrected chi connectivity index (χ0v) is 8.32. The summed E-state index contributed by atoms with van der Waals surface area (Å²) in [5.41, 5.74) is 11.9. The Hall–Kier alpha value is -1.63. The molecule has 2 amide bonds. The van der Waals surface area contributed by atoms with E-state index < -0.39 is 29.9 Å². The van der Waals surface area contributed by atoms with Crippen LogP contribution in [-0.4, -0.2) is 35.0 Å². The third kappa shape index (κ3) is 5.63. The van der Waals surface area contributed by atoms with Gasteiger partial charge in [0.2, 0.25) is 5.91 Å². The molecule has 0 aromatic carbocycles. The maximum atomic E-state index is 11.1. The fraction of sp³-hybridized carbons (Fsp3) is 0.625. The van der Waals surface area contributed by atoms with Crippen LogP contribution in [0.5, 0.6) is 0 Å². The number of nitrogens with one attached hydrogen (secondary N) is 2. The fourth-order valence-electron chi connectivity index (χ4n) is 0.789. The molecule has 0 aliphatic heterocycles. The minimum atomic E-state index is -1.17. The predicted molar refractivity (Wildman–Crippen MR) is 50.6 cm³/mol. The lowest BCUT2D eigenvalue weighted by molar-refractivity contribution is -0.138. The van der Waals surface area contributed by atoms with Crippen LogP contribution in [0.25, 0.3) is 0 Å². The molecule has 0 saturated heterocycles. The van der Waals surface area contributed by atoms with Gasteiger partial charge in [0.15, 0.2) is 0 Å². The Morgan fingerprint density at radius 1 is 1.47 bits per heavy atom. The van der Waals surface area contributed by atoms with Crippen LogP contribution in [0.3, 0.4) is 0 Å². The quantitative estimate of drug-likeness (QED) is 0.496. The zero-order chi connectivity index (χ0) is 12.0. The summed E-state index contributed by atoms with van der Waals surface area (Å²) >= 11 is 0. The van der Waals surface area contributed by atoms with Gasteiger partial charge in [-0.05, 0) is 13.3 Å². The van der Waals surface area contributed by atoms with Crippen LogP contribution in [0.4, 0.5) is 0 Å². The van der Waals surface area contributed by atoms with Crippen LogP contribution >= 0.6 is 0 Å². The second-order valence-electron chi connectivity index (χ2n) is 3.14. The fourth-order valence-corrected chi connectivity index (χ4v) is 0.789. The molecule has 0 heterocycles. The number of nitrogens with two attached hydrogens (primary N) is 1. The van der Waals surface area contributed by atoms with E-state index in [0.29, 0.717) is 0 Å². The van der Waals surface area contributed by atoms with Gasteiger partial charge in [0, 0.05) is 6.42 Å². The molecule has 85 valence electrons. The van der Waals surface area contributed by atoms with Crippen molar-refractivity contribution in [3.8, 4) is 0 Å². The number of hydrogen-bond acceptors (Lipinski definition) is 4. The molecule has 5 N–H and O–H groups in total. The first-order valence-corrected chi connectivity index (χ1v) is 4.37. The largest absolute Gasteiger partial charge is 0.480 e. The number of amides is 2. The van der Waals surface area contributed by atoms with Gasteiger partial charge < -0.3 is 16.2 Å². The number of aliphatic carboxylic acids is 1. The molecule has 2 atom stereocenters. The highest BCUT2D eigenvalue weighted by Gasteiger charge is 2.16. The molecule has 0 aromatic rings. The first kappa shape index (κ1) is 13.4. The Bertz CT molecular complexity index is 267. The summed E-state index contributed by atoms with van der Waals surface area (Å²) in [6.45, 7) is 1.38. The molecule has 0 aromatic heterocycles. The third-order valence-electron chi connectivity index (χ3n) is 1.77. The molecule has 0 bridgehead atoms. The van der Waals surface area contributed by atoms with Crippen LogP contribution in [0.2, 0.25) is 0 Å². The summed E-state index contributed by atoms with van der Waals surface area (Å²) < 4.78 is 0. The summed E-state index contributed by atoms with van der Waals surface area (Å²) in [7, 11) is 0. The highest BCUT2D eigenvalue weighted by atomic mass is 16.4. The molecule has 1 radical (unpaired) electrons. The lowest BCUT2D eigenvalue weighted by atomic mass is 10.1. The average molecular weight is 216 g/mol. The molecule has 15 heavy (non-hydrogen) atoms. The first-order valence-electron chi connectivity index (χ1n) is 4.37. The molecule has 2 unspecified atom stereocenters.